The van der Waals surface area contributed by atoms with Gasteiger partial charge < -0.3 is 10.0 Å². The van der Waals surface area contributed by atoms with Crippen molar-refractivity contribution in [2.75, 3.05) is 6.61 Å². The van der Waals surface area contributed by atoms with Crippen LogP contribution >= 0.6 is 0 Å². The summed E-state index contributed by atoms with van der Waals surface area (Å²) in [4.78, 5) is 14.1. The maximum absolute atomic E-state index is 12.2. The van der Waals surface area contributed by atoms with E-state index in [9.17, 15) is 9.90 Å². The van der Waals surface area contributed by atoms with E-state index < -0.39 is 0 Å². The predicted octanol–water partition coefficient (Wildman–Crippen LogP) is 2.12. The molecule has 1 saturated carbocycles. The molecular formula is C15H19NO2. The minimum atomic E-state index is -0.160. The van der Waals surface area contributed by atoms with Crippen molar-refractivity contribution < 1.29 is 9.90 Å². The van der Waals surface area contributed by atoms with Gasteiger partial charge in [0.2, 0.25) is 5.91 Å². The van der Waals surface area contributed by atoms with E-state index in [1.807, 2.05) is 35.2 Å². The highest BCUT2D eigenvalue weighted by molar-refractivity contribution is 5.80. The van der Waals surface area contributed by atoms with Gasteiger partial charge in [0.1, 0.15) is 0 Å². The molecule has 1 amide bonds. The zero-order valence-corrected chi connectivity index (χ0v) is 10.5. The first kappa shape index (κ1) is 11.7. The number of nitrogens with zero attached hydrogens (tertiary/aromatic N) is 1. The van der Waals surface area contributed by atoms with Crippen LogP contribution in [0.3, 0.4) is 0 Å². The van der Waals surface area contributed by atoms with Gasteiger partial charge in [0, 0.05) is 12.5 Å². The summed E-state index contributed by atoms with van der Waals surface area (Å²) in [6, 6.07) is 10.1. The molecule has 3 rings (SSSR count). The fourth-order valence-electron chi connectivity index (χ4n) is 3.57. The molecule has 3 nitrogen and oxygen atoms in total. The zero-order chi connectivity index (χ0) is 12.5. The van der Waals surface area contributed by atoms with E-state index in [4.69, 9.17) is 0 Å². The second-order valence-electron chi connectivity index (χ2n) is 5.37. The SMILES string of the molecule is O=C1C[C@H]2CCC[C@H]2N1C(CO)c1ccccc1. The van der Waals surface area contributed by atoms with Crippen LogP contribution in [0.5, 0.6) is 0 Å². The monoisotopic (exact) mass is 245 g/mol. The second-order valence-corrected chi connectivity index (χ2v) is 5.37. The van der Waals surface area contributed by atoms with Gasteiger partial charge in [-0.1, -0.05) is 36.8 Å². The van der Waals surface area contributed by atoms with E-state index in [-0.39, 0.29) is 18.6 Å². The molecule has 1 aliphatic heterocycles. The Morgan fingerprint density at radius 3 is 2.78 bits per heavy atom. The molecule has 0 aromatic heterocycles. The number of carbonyl (C=O) groups excluding carboxylic acids is 1. The summed E-state index contributed by atoms with van der Waals surface area (Å²) in [6.45, 7) is 0.0129. The summed E-state index contributed by atoms with van der Waals surface area (Å²) >= 11 is 0. The van der Waals surface area contributed by atoms with E-state index in [0.717, 1.165) is 12.0 Å². The van der Waals surface area contributed by atoms with Gasteiger partial charge in [-0.3, -0.25) is 4.79 Å². The Labute approximate surface area is 107 Å². The van der Waals surface area contributed by atoms with E-state index in [2.05, 4.69) is 0 Å². The summed E-state index contributed by atoms with van der Waals surface area (Å²) in [6.07, 6.45) is 4.15. The van der Waals surface area contributed by atoms with Crippen LogP contribution in [-0.2, 0) is 4.79 Å². The lowest BCUT2D eigenvalue weighted by atomic mass is 10.0. The maximum Gasteiger partial charge on any atom is 0.223 e. The van der Waals surface area contributed by atoms with E-state index in [1.54, 1.807) is 0 Å². The third-order valence-electron chi connectivity index (χ3n) is 4.39. The Balaban J connectivity index is 1.89. The van der Waals surface area contributed by atoms with Crippen LogP contribution in [0.2, 0.25) is 0 Å². The van der Waals surface area contributed by atoms with Crippen LogP contribution in [0.15, 0.2) is 30.3 Å². The number of amides is 1. The van der Waals surface area contributed by atoms with Gasteiger partial charge in [-0.05, 0) is 24.3 Å². The molecule has 1 unspecified atom stereocenters. The van der Waals surface area contributed by atoms with E-state index in [1.165, 1.54) is 12.8 Å². The average molecular weight is 245 g/mol. The van der Waals surface area contributed by atoms with Crippen LogP contribution in [0.25, 0.3) is 0 Å². The van der Waals surface area contributed by atoms with Gasteiger partial charge in [-0.25, -0.2) is 0 Å². The van der Waals surface area contributed by atoms with Crippen molar-refractivity contribution in [3.63, 3.8) is 0 Å². The lowest BCUT2D eigenvalue weighted by molar-refractivity contribution is -0.132. The van der Waals surface area contributed by atoms with Gasteiger partial charge in [0.05, 0.1) is 12.6 Å². The topological polar surface area (TPSA) is 40.5 Å². The highest BCUT2D eigenvalue weighted by atomic mass is 16.3. The molecule has 18 heavy (non-hydrogen) atoms. The fraction of sp³-hybridized carbons (Fsp3) is 0.533. The Morgan fingerprint density at radius 1 is 1.28 bits per heavy atom. The Kier molecular flexibility index (Phi) is 3.08. The van der Waals surface area contributed by atoms with Crippen molar-refractivity contribution >= 4 is 5.91 Å². The fourth-order valence-corrected chi connectivity index (χ4v) is 3.57. The number of hydrogen-bond acceptors (Lipinski definition) is 2. The highest BCUT2D eigenvalue weighted by Gasteiger charge is 2.45. The summed E-state index contributed by atoms with van der Waals surface area (Å²) in [7, 11) is 0. The molecule has 0 spiro atoms. The molecule has 3 atom stereocenters. The van der Waals surface area contributed by atoms with E-state index >= 15 is 0 Å². The standard InChI is InChI=1S/C15H19NO2/c17-10-14(11-5-2-1-3-6-11)16-13-8-4-7-12(13)9-15(16)18/h1-3,5-6,12-14,17H,4,7-10H2/t12-,13-,14?/m1/s1. The highest BCUT2D eigenvalue weighted by Crippen LogP contribution is 2.42. The molecule has 3 heteroatoms. The van der Waals surface area contributed by atoms with Crippen molar-refractivity contribution in [3.05, 3.63) is 35.9 Å². The normalized spacial score (nSPS) is 28.5. The average Bonchev–Trinajstić information content (AvgIpc) is 2.94. The molecular weight excluding hydrogens is 226 g/mol. The van der Waals surface area contributed by atoms with Gasteiger partial charge in [-0.2, -0.15) is 0 Å². The number of fused-ring (bicyclic) bond motifs is 1. The lowest BCUT2D eigenvalue weighted by Crippen LogP contribution is -2.38. The molecule has 1 N–H and O–H groups in total. The number of hydrogen-bond donors (Lipinski definition) is 1. The van der Waals surface area contributed by atoms with E-state index in [0.29, 0.717) is 18.4 Å². The minimum Gasteiger partial charge on any atom is -0.394 e. The lowest BCUT2D eigenvalue weighted by Gasteiger charge is -2.32. The molecule has 1 aromatic rings. The van der Waals surface area contributed by atoms with Crippen molar-refractivity contribution in [2.45, 2.75) is 37.8 Å². The number of likely N-dealkylation sites (tertiary alicyclic amines) is 1. The molecule has 1 aromatic carbocycles. The smallest absolute Gasteiger partial charge is 0.223 e. The first-order valence-electron chi connectivity index (χ1n) is 6.78. The molecule has 1 heterocycles. The Hall–Kier alpha value is -1.35. The van der Waals surface area contributed by atoms with Crippen LogP contribution in [0.4, 0.5) is 0 Å². The third-order valence-corrected chi connectivity index (χ3v) is 4.39. The quantitative estimate of drug-likeness (QED) is 0.886. The van der Waals surface area contributed by atoms with Crippen LogP contribution < -0.4 is 0 Å². The summed E-state index contributed by atoms with van der Waals surface area (Å²) in [5.74, 6) is 0.739. The van der Waals surface area contributed by atoms with Gasteiger partial charge in [0.15, 0.2) is 0 Å². The third kappa shape index (κ3) is 1.83. The predicted molar refractivity (Wildman–Crippen MR) is 68.9 cm³/mol. The second kappa shape index (κ2) is 4.73. The van der Waals surface area contributed by atoms with Crippen molar-refractivity contribution in [3.8, 4) is 0 Å². The van der Waals surface area contributed by atoms with Gasteiger partial charge in [0.25, 0.3) is 0 Å². The molecule has 0 radical (unpaired) electrons. The summed E-state index contributed by atoms with van der Waals surface area (Å²) < 4.78 is 0. The molecule has 96 valence electrons. The van der Waals surface area contributed by atoms with Gasteiger partial charge >= 0.3 is 0 Å². The molecule has 2 aliphatic rings. The first-order chi connectivity index (χ1) is 8.81. The maximum atomic E-state index is 12.2. The number of benzene rings is 1. The Bertz CT molecular complexity index is 431. The molecule has 2 fully saturated rings. The van der Waals surface area contributed by atoms with Crippen LogP contribution in [-0.4, -0.2) is 28.6 Å². The number of carbonyl (C=O) groups is 1. The van der Waals surface area contributed by atoms with Crippen molar-refractivity contribution in [1.29, 1.82) is 0 Å². The van der Waals surface area contributed by atoms with Gasteiger partial charge in [-0.15, -0.1) is 0 Å². The molecule has 1 saturated heterocycles. The van der Waals surface area contributed by atoms with Crippen molar-refractivity contribution in [1.82, 2.24) is 4.90 Å². The van der Waals surface area contributed by atoms with Crippen molar-refractivity contribution in [2.24, 2.45) is 5.92 Å². The number of aliphatic hydroxyl groups excluding tert-OH is 1. The molecule has 1 aliphatic carbocycles. The largest absolute Gasteiger partial charge is 0.394 e. The minimum absolute atomic E-state index is 0.0129. The van der Waals surface area contributed by atoms with Crippen LogP contribution in [0.1, 0.15) is 37.3 Å². The first-order valence-corrected chi connectivity index (χ1v) is 6.78. The zero-order valence-electron chi connectivity index (χ0n) is 10.5. The number of rotatable bonds is 3. The summed E-state index contributed by atoms with van der Waals surface area (Å²) in [5, 5.41) is 9.68. The number of aliphatic hydroxyl groups is 1. The van der Waals surface area contributed by atoms with Crippen LogP contribution in [0, 0.1) is 5.92 Å². The summed E-state index contributed by atoms with van der Waals surface area (Å²) in [5.41, 5.74) is 1.04. The Morgan fingerprint density at radius 2 is 2.06 bits per heavy atom. The molecule has 0 bridgehead atoms.